The second-order valence-corrected chi connectivity index (χ2v) is 11.0. The zero-order chi connectivity index (χ0) is 27.6. The number of urea groups is 1. The van der Waals surface area contributed by atoms with E-state index in [1.165, 1.54) is 0 Å². The number of pyridine rings is 3. The average molecular weight is 563 g/mol. The van der Waals surface area contributed by atoms with E-state index in [-0.39, 0.29) is 24.0 Å². The Kier molecular flexibility index (Phi) is 9.81. The highest BCUT2D eigenvalue weighted by Gasteiger charge is 2.42. The maximum Gasteiger partial charge on any atom is 0.315 e. The van der Waals surface area contributed by atoms with Crippen molar-refractivity contribution in [2.24, 2.45) is 0 Å². The SMILES string of the molecule is O=C(CCCCC1SCC2NC(=O)NC21)NCCOCCOc1cc(-c2ccccn2)nc(-c2ccccn2)c1. The van der Waals surface area contributed by atoms with Gasteiger partial charge in [-0.25, -0.2) is 9.78 Å². The number of carbonyl (C=O) groups is 2. The Hall–Kier alpha value is -3.70. The van der Waals surface area contributed by atoms with E-state index in [1.54, 1.807) is 12.4 Å². The molecule has 3 aromatic heterocycles. The minimum absolute atomic E-state index is 0.0357. The molecule has 3 unspecified atom stereocenters. The third-order valence-corrected chi connectivity index (χ3v) is 8.31. The lowest BCUT2D eigenvalue weighted by atomic mass is 10.0. The van der Waals surface area contributed by atoms with Crippen LogP contribution in [0.3, 0.4) is 0 Å². The molecule has 0 saturated carbocycles. The van der Waals surface area contributed by atoms with Gasteiger partial charge in [-0.05, 0) is 37.1 Å². The van der Waals surface area contributed by atoms with Crippen LogP contribution in [0.15, 0.2) is 60.9 Å². The fourth-order valence-corrected chi connectivity index (χ4v) is 6.37. The fourth-order valence-electron chi connectivity index (χ4n) is 4.83. The Balaban J connectivity index is 0.978. The predicted molar refractivity (Wildman–Crippen MR) is 154 cm³/mol. The maximum absolute atomic E-state index is 12.2. The summed E-state index contributed by atoms with van der Waals surface area (Å²) >= 11 is 1.90. The van der Waals surface area contributed by atoms with E-state index in [4.69, 9.17) is 14.5 Å². The van der Waals surface area contributed by atoms with Gasteiger partial charge < -0.3 is 25.4 Å². The number of ether oxygens (including phenoxy) is 2. The van der Waals surface area contributed by atoms with E-state index < -0.39 is 0 Å². The highest BCUT2D eigenvalue weighted by molar-refractivity contribution is 8.00. The Bertz CT molecular complexity index is 1210. The highest BCUT2D eigenvalue weighted by atomic mass is 32.2. The molecule has 0 radical (unpaired) electrons. The van der Waals surface area contributed by atoms with Crippen LogP contribution in [0.4, 0.5) is 4.79 Å². The highest BCUT2D eigenvalue weighted by Crippen LogP contribution is 2.33. The third-order valence-electron chi connectivity index (χ3n) is 6.80. The Labute approximate surface area is 238 Å². The molecular formula is C29H34N6O4S. The summed E-state index contributed by atoms with van der Waals surface area (Å²) in [6.45, 7) is 1.63. The lowest BCUT2D eigenvalue weighted by Crippen LogP contribution is -2.36. The van der Waals surface area contributed by atoms with Crippen LogP contribution in [0.1, 0.15) is 25.7 Å². The van der Waals surface area contributed by atoms with Gasteiger partial charge in [0.15, 0.2) is 0 Å². The van der Waals surface area contributed by atoms with Crippen LogP contribution >= 0.6 is 11.8 Å². The number of nitrogens with zero attached hydrogens (tertiary/aromatic N) is 3. The average Bonchev–Trinajstić information content (AvgIpc) is 3.54. The molecule has 11 heteroatoms. The number of amides is 3. The Morgan fingerprint density at radius 2 is 1.70 bits per heavy atom. The summed E-state index contributed by atoms with van der Waals surface area (Å²) in [7, 11) is 0. The first-order valence-corrected chi connectivity index (χ1v) is 14.7. The van der Waals surface area contributed by atoms with Gasteiger partial charge in [0.2, 0.25) is 5.91 Å². The smallest absolute Gasteiger partial charge is 0.315 e. The molecule has 210 valence electrons. The number of carbonyl (C=O) groups excluding carboxylic acids is 2. The fraction of sp³-hybridized carbons (Fsp3) is 0.414. The van der Waals surface area contributed by atoms with Gasteiger partial charge in [-0.1, -0.05) is 18.6 Å². The first-order valence-electron chi connectivity index (χ1n) is 13.7. The lowest BCUT2D eigenvalue weighted by Gasteiger charge is -2.16. The second kappa shape index (κ2) is 14.1. The predicted octanol–water partition coefficient (Wildman–Crippen LogP) is 3.44. The number of hydrogen-bond acceptors (Lipinski definition) is 8. The van der Waals surface area contributed by atoms with Crippen LogP contribution in [0.2, 0.25) is 0 Å². The van der Waals surface area contributed by atoms with Crippen molar-refractivity contribution in [2.75, 3.05) is 32.1 Å². The van der Waals surface area contributed by atoms with Gasteiger partial charge in [-0.2, -0.15) is 11.8 Å². The summed E-state index contributed by atoms with van der Waals surface area (Å²) in [5, 5.41) is 9.31. The monoisotopic (exact) mass is 562 g/mol. The normalized spacial score (nSPS) is 19.5. The van der Waals surface area contributed by atoms with Crippen LogP contribution in [0, 0.1) is 0 Å². The largest absolute Gasteiger partial charge is 0.491 e. The van der Waals surface area contributed by atoms with Crippen molar-refractivity contribution in [3.05, 3.63) is 60.9 Å². The number of thioether (sulfide) groups is 1. The van der Waals surface area contributed by atoms with Gasteiger partial charge >= 0.3 is 6.03 Å². The van der Waals surface area contributed by atoms with E-state index in [1.807, 2.05) is 60.3 Å². The molecule has 0 aromatic carbocycles. The number of fused-ring (bicyclic) bond motifs is 1. The van der Waals surface area contributed by atoms with Crippen molar-refractivity contribution < 1.29 is 19.1 Å². The van der Waals surface area contributed by atoms with E-state index in [0.717, 1.165) is 36.4 Å². The molecule has 3 N–H and O–H groups in total. The van der Waals surface area contributed by atoms with Crippen LogP contribution in [-0.2, 0) is 9.53 Å². The van der Waals surface area contributed by atoms with Crippen LogP contribution in [-0.4, -0.2) is 76.3 Å². The molecule has 2 aliphatic rings. The van der Waals surface area contributed by atoms with E-state index in [9.17, 15) is 9.59 Å². The Morgan fingerprint density at radius 3 is 2.40 bits per heavy atom. The number of unbranched alkanes of at least 4 members (excludes halogenated alkanes) is 1. The van der Waals surface area contributed by atoms with Crippen molar-refractivity contribution in [3.8, 4) is 28.5 Å². The number of hydrogen-bond donors (Lipinski definition) is 3. The van der Waals surface area contributed by atoms with E-state index in [2.05, 4.69) is 25.9 Å². The van der Waals surface area contributed by atoms with Gasteiger partial charge in [-0.15, -0.1) is 0 Å². The van der Waals surface area contributed by atoms with Crippen LogP contribution < -0.4 is 20.7 Å². The van der Waals surface area contributed by atoms with Crippen molar-refractivity contribution in [1.82, 2.24) is 30.9 Å². The van der Waals surface area contributed by atoms with Gasteiger partial charge in [0.1, 0.15) is 12.4 Å². The summed E-state index contributed by atoms with van der Waals surface area (Å²) in [4.78, 5) is 37.2. The molecule has 5 heterocycles. The van der Waals surface area contributed by atoms with Gasteiger partial charge in [0.05, 0.1) is 48.1 Å². The molecule has 2 saturated heterocycles. The minimum Gasteiger partial charge on any atom is -0.491 e. The van der Waals surface area contributed by atoms with Crippen molar-refractivity contribution in [2.45, 2.75) is 43.0 Å². The molecule has 3 atom stereocenters. The van der Waals surface area contributed by atoms with Crippen LogP contribution in [0.5, 0.6) is 5.75 Å². The van der Waals surface area contributed by atoms with E-state index >= 15 is 0 Å². The van der Waals surface area contributed by atoms with Crippen molar-refractivity contribution in [3.63, 3.8) is 0 Å². The molecular weight excluding hydrogens is 528 g/mol. The molecule has 10 nitrogen and oxygen atoms in total. The summed E-state index contributed by atoms with van der Waals surface area (Å²) < 4.78 is 11.6. The molecule has 0 aliphatic carbocycles. The third kappa shape index (κ3) is 7.70. The first kappa shape index (κ1) is 27.9. The summed E-state index contributed by atoms with van der Waals surface area (Å²) in [5.74, 6) is 1.65. The van der Waals surface area contributed by atoms with Crippen molar-refractivity contribution >= 4 is 23.7 Å². The molecule has 0 bridgehead atoms. The molecule has 40 heavy (non-hydrogen) atoms. The van der Waals surface area contributed by atoms with E-state index in [0.29, 0.717) is 55.2 Å². The number of nitrogens with one attached hydrogen (secondary N) is 3. The zero-order valence-corrected chi connectivity index (χ0v) is 23.1. The molecule has 3 aromatic rings. The summed E-state index contributed by atoms with van der Waals surface area (Å²) in [6.07, 6.45) is 6.78. The standard InChI is InChI=1S/C29H34N6O4S/c36-27(10-2-1-9-26-28-25(19-40-26)34-29(37)35-28)32-13-14-38-15-16-39-20-17-23(21-7-3-5-11-30-21)33-24(18-20)22-8-4-6-12-31-22/h3-8,11-12,17-18,25-26,28H,1-2,9-10,13-16,19H2,(H,32,36)(H2,34,35,37). The summed E-state index contributed by atoms with van der Waals surface area (Å²) in [5.41, 5.74) is 2.91. The molecule has 5 rings (SSSR count). The van der Waals surface area contributed by atoms with Crippen molar-refractivity contribution in [1.29, 1.82) is 0 Å². The molecule has 2 fully saturated rings. The minimum atomic E-state index is -0.0599. The summed E-state index contributed by atoms with van der Waals surface area (Å²) in [6, 6.07) is 15.5. The lowest BCUT2D eigenvalue weighted by molar-refractivity contribution is -0.121. The topological polar surface area (TPSA) is 127 Å². The molecule has 2 aliphatic heterocycles. The zero-order valence-electron chi connectivity index (χ0n) is 22.3. The number of rotatable bonds is 14. The van der Waals surface area contributed by atoms with Gasteiger partial charge in [-0.3, -0.25) is 14.8 Å². The number of aromatic nitrogens is 3. The maximum atomic E-state index is 12.2. The van der Waals surface area contributed by atoms with Crippen LogP contribution in [0.25, 0.3) is 22.8 Å². The Morgan fingerprint density at radius 1 is 0.950 bits per heavy atom. The molecule has 0 spiro atoms. The first-order chi connectivity index (χ1) is 19.7. The second-order valence-electron chi connectivity index (χ2n) is 9.68. The molecule has 3 amide bonds. The van der Waals surface area contributed by atoms with Gasteiger partial charge in [0.25, 0.3) is 0 Å². The van der Waals surface area contributed by atoms with Gasteiger partial charge in [0, 0.05) is 48.5 Å². The quantitative estimate of drug-likeness (QED) is 0.201.